The van der Waals surface area contributed by atoms with Gasteiger partial charge in [-0.1, -0.05) is 0 Å². The van der Waals surface area contributed by atoms with Gasteiger partial charge in [-0.3, -0.25) is 9.59 Å². The molecule has 0 bridgehead atoms. The van der Waals surface area contributed by atoms with Crippen LogP contribution in [0.3, 0.4) is 0 Å². The molecule has 25 heavy (non-hydrogen) atoms. The third-order valence-corrected chi connectivity index (χ3v) is 4.48. The lowest BCUT2D eigenvalue weighted by Gasteiger charge is -2.15. The van der Waals surface area contributed by atoms with Gasteiger partial charge in [0.1, 0.15) is 0 Å². The lowest BCUT2D eigenvalue weighted by Crippen LogP contribution is -2.23. The van der Waals surface area contributed by atoms with Gasteiger partial charge in [0, 0.05) is 17.9 Å². The maximum absolute atomic E-state index is 12.5. The van der Waals surface area contributed by atoms with Crippen LogP contribution in [0.1, 0.15) is 34.0 Å². The Morgan fingerprint density at radius 3 is 2.68 bits per heavy atom. The van der Waals surface area contributed by atoms with E-state index < -0.39 is 6.10 Å². The number of nitrogens with zero attached hydrogens (tertiary/aromatic N) is 1. The summed E-state index contributed by atoms with van der Waals surface area (Å²) in [6.45, 7) is 3.50. The van der Waals surface area contributed by atoms with Crippen LogP contribution in [0.5, 0.6) is 11.5 Å². The van der Waals surface area contributed by atoms with Crippen LogP contribution in [0.4, 0.5) is 0 Å². The fourth-order valence-corrected chi connectivity index (χ4v) is 3.06. The number of amides is 1. The van der Waals surface area contributed by atoms with E-state index >= 15 is 0 Å². The lowest BCUT2D eigenvalue weighted by atomic mass is 10.2. The van der Waals surface area contributed by atoms with Crippen molar-refractivity contribution in [3.8, 4) is 17.6 Å². The van der Waals surface area contributed by atoms with Gasteiger partial charge >= 0.3 is 0 Å². The number of hydrogen-bond acceptors (Lipinski definition) is 6. The molecule has 1 atom stereocenters. The highest BCUT2D eigenvalue weighted by molar-refractivity contribution is 7.14. The highest BCUT2D eigenvalue weighted by Gasteiger charge is 2.20. The molecule has 0 spiro atoms. The third kappa shape index (κ3) is 4.81. The highest BCUT2D eigenvalue weighted by Crippen LogP contribution is 2.29. The van der Waals surface area contributed by atoms with Gasteiger partial charge in [0.2, 0.25) is 11.7 Å². The first-order chi connectivity index (χ1) is 11.9. The van der Waals surface area contributed by atoms with Crippen molar-refractivity contribution in [3.63, 3.8) is 0 Å². The largest absolute Gasteiger partial charge is 0.493 e. The molecule has 0 saturated heterocycles. The first-order valence-corrected chi connectivity index (χ1v) is 8.38. The number of nitriles is 1. The second-order valence-corrected chi connectivity index (χ2v) is 6.45. The van der Waals surface area contributed by atoms with E-state index in [0.717, 1.165) is 4.88 Å². The summed E-state index contributed by atoms with van der Waals surface area (Å²) in [4.78, 5) is 24.9. The summed E-state index contributed by atoms with van der Waals surface area (Å²) in [7, 11) is 1.48. The Hall–Kier alpha value is -2.85. The molecule has 6 nitrogen and oxygen atoms in total. The quantitative estimate of drug-likeness (QED) is 0.769. The van der Waals surface area contributed by atoms with Crippen molar-refractivity contribution in [2.45, 2.75) is 26.5 Å². The summed E-state index contributed by atoms with van der Waals surface area (Å²) in [6.07, 6.45) is -0.714. The normalized spacial score (nSPS) is 11.3. The van der Waals surface area contributed by atoms with E-state index in [0.29, 0.717) is 28.5 Å². The molecule has 7 heteroatoms. The van der Waals surface area contributed by atoms with E-state index in [1.54, 1.807) is 31.2 Å². The summed E-state index contributed by atoms with van der Waals surface area (Å²) < 4.78 is 10.9. The summed E-state index contributed by atoms with van der Waals surface area (Å²) in [6, 6.07) is 10.3. The lowest BCUT2D eigenvalue weighted by molar-refractivity contribution is -0.119. The van der Waals surface area contributed by atoms with Crippen LogP contribution in [0.15, 0.2) is 30.3 Å². The maximum atomic E-state index is 12.5. The number of hydrogen-bond donors (Lipinski definition) is 1. The minimum Gasteiger partial charge on any atom is -0.493 e. The summed E-state index contributed by atoms with van der Waals surface area (Å²) in [5, 5.41) is 11.6. The van der Waals surface area contributed by atoms with E-state index in [1.807, 2.05) is 12.1 Å². The standard InChI is InChI=1S/C18H18N2O4S/c1-11(24-15-6-4-13(9-19)8-16(15)23-3)18(22)17-7-5-14(25-17)10-20-12(2)21/h4-8,11H,10H2,1-3H3,(H,20,21)/t11-/m1/s1. The average molecular weight is 358 g/mol. The van der Waals surface area contributed by atoms with Crippen molar-refractivity contribution in [1.82, 2.24) is 5.32 Å². The molecule has 130 valence electrons. The Morgan fingerprint density at radius 1 is 1.28 bits per heavy atom. The number of methoxy groups -OCH3 is 1. The summed E-state index contributed by atoms with van der Waals surface area (Å²) in [5.74, 6) is 0.518. The molecule has 1 aromatic heterocycles. The molecule has 0 aliphatic heterocycles. The van der Waals surface area contributed by atoms with Crippen molar-refractivity contribution in [3.05, 3.63) is 45.6 Å². The van der Waals surface area contributed by atoms with E-state index in [4.69, 9.17) is 14.7 Å². The number of carbonyl (C=O) groups is 2. The van der Waals surface area contributed by atoms with Gasteiger partial charge in [-0.15, -0.1) is 11.3 Å². The number of carbonyl (C=O) groups excluding carboxylic acids is 2. The molecule has 1 heterocycles. The zero-order chi connectivity index (χ0) is 18.4. The number of ether oxygens (including phenoxy) is 2. The van der Waals surface area contributed by atoms with Crippen molar-refractivity contribution in [2.75, 3.05) is 7.11 Å². The van der Waals surface area contributed by atoms with Gasteiger partial charge in [0.05, 0.1) is 30.2 Å². The third-order valence-electron chi connectivity index (χ3n) is 3.38. The Kier molecular flexibility index (Phi) is 6.14. The first kappa shape index (κ1) is 18.5. The van der Waals surface area contributed by atoms with Crippen LogP contribution in [0, 0.1) is 11.3 Å². The second-order valence-electron chi connectivity index (χ2n) is 5.28. The van der Waals surface area contributed by atoms with Gasteiger partial charge < -0.3 is 14.8 Å². The predicted octanol–water partition coefficient (Wildman–Crippen LogP) is 2.91. The van der Waals surface area contributed by atoms with E-state index in [-0.39, 0.29) is 11.7 Å². The average Bonchev–Trinajstić information content (AvgIpc) is 3.08. The van der Waals surface area contributed by atoms with Crippen LogP contribution in [-0.4, -0.2) is 24.9 Å². The molecular weight excluding hydrogens is 340 g/mol. The molecule has 0 fully saturated rings. The van der Waals surface area contributed by atoms with Crippen LogP contribution in [0.2, 0.25) is 0 Å². The summed E-state index contributed by atoms with van der Waals surface area (Å²) in [5.41, 5.74) is 0.448. The van der Waals surface area contributed by atoms with Crippen LogP contribution >= 0.6 is 11.3 Å². The number of Topliss-reactive ketones (excluding diaryl/α,β-unsaturated/α-hetero) is 1. The molecule has 0 aliphatic carbocycles. The van der Waals surface area contributed by atoms with E-state index in [2.05, 4.69) is 5.32 Å². The molecule has 1 aromatic carbocycles. The van der Waals surface area contributed by atoms with Crippen LogP contribution in [-0.2, 0) is 11.3 Å². The Bertz CT molecular complexity index is 823. The Balaban J connectivity index is 2.08. The molecule has 2 aromatic rings. The predicted molar refractivity (Wildman–Crippen MR) is 94.0 cm³/mol. The molecule has 0 saturated carbocycles. The number of nitrogens with one attached hydrogen (secondary N) is 1. The molecule has 0 aliphatic rings. The van der Waals surface area contributed by atoms with E-state index in [1.165, 1.54) is 25.4 Å². The van der Waals surface area contributed by atoms with Crippen molar-refractivity contribution in [1.29, 1.82) is 5.26 Å². The number of ketones is 1. The molecular formula is C18H18N2O4S. The number of benzene rings is 1. The molecule has 1 amide bonds. The maximum Gasteiger partial charge on any atom is 0.217 e. The Morgan fingerprint density at radius 2 is 2.04 bits per heavy atom. The first-order valence-electron chi connectivity index (χ1n) is 7.56. The molecule has 2 rings (SSSR count). The second kappa shape index (κ2) is 8.31. The van der Waals surface area contributed by atoms with Gasteiger partial charge in [-0.05, 0) is 31.2 Å². The molecule has 0 radical (unpaired) electrons. The Labute approximate surface area is 150 Å². The van der Waals surface area contributed by atoms with Crippen molar-refractivity contribution < 1.29 is 19.1 Å². The fraction of sp³-hybridized carbons (Fsp3) is 0.278. The van der Waals surface area contributed by atoms with Gasteiger partial charge in [0.15, 0.2) is 17.6 Å². The smallest absolute Gasteiger partial charge is 0.217 e. The number of rotatable bonds is 7. The van der Waals surface area contributed by atoms with Crippen molar-refractivity contribution in [2.24, 2.45) is 0 Å². The number of thiophene rings is 1. The zero-order valence-electron chi connectivity index (χ0n) is 14.2. The molecule has 0 unspecified atom stereocenters. The van der Waals surface area contributed by atoms with E-state index in [9.17, 15) is 9.59 Å². The van der Waals surface area contributed by atoms with Crippen LogP contribution in [0.25, 0.3) is 0 Å². The van der Waals surface area contributed by atoms with Crippen LogP contribution < -0.4 is 14.8 Å². The topological polar surface area (TPSA) is 88.4 Å². The van der Waals surface area contributed by atoms with Crippen molar-refractivity contribution >= 4 is 23.0 Å². The zero-order valence-corrected chi connectivity index (χ0v) is 15.0. The van der Waals surface area contributed by atoms with Gasteiger partial charge in [-0.25, -0.2) is 0 Å². The monoisotopic (exact) mass is 358 g/mol. The van der Waals surface area contributed by atoms with Gasteiger partial charge in [-0.2, -0.15) is 5.26 Å². The molecule has 1 N–H and O–H groups in total. The fourth-order valence-electron chi connectivity index (χ4n) is 2.10. The summed E-state index contributed by atoms with van der Waals surface area (Å²) >= 11 is 1.32. The minimum atomic E-state index is -0.714. The van der Waals surface area contributed by atoms with Gasteiger partial charge in [0.25, 0.3) is 0 Å². The minimum absolute atomic E-state index is 0.120. The highest BCUT2D eigenvalue weighted by atomic mass is 32.1. The SMILES string of the molecule is COc1cc(C#N)ccc1O[C@H](C)C(=O)c1ccc(CNC(C)=O)s1.